The Kier molecular flexibility index (Phi) is 3.14. The van der Waals surface area contributed by atoms with Gasteiger partial charge in [-0.2, -0.15) is 0 Å². The van der Waals surface area contributed by atoms with Crippen molar-refractivity contribution in [2.75, 3.05) is 13.1 Å². The van der Waals surface area contributed by atoms with Crippen LogP contribution in [0.2, 0.25) is 0 Å². The van der Waals surface area contributed by atoms with Gasteiger partial charge >= 0.3 is 0 Å². The molecule has 0 aliphatic rings. The van der Waals surface area contributed by atoms with E-state index in [1.165, 1.54) is 0 Å². The third-order valence-electron chi connectivity index (χ3n) is 2.41. The van der Waals surface area contributed by atoms with Gasteiger partial charge in [0, 0.05) is 25.5 Å². The first-order chi connectivity index (χ1) is 7.83. The van der Waals surface area contributed by atoms with Crippen LogP contribution in [0.4, 0.5) is 5.82 Å². The van der Waals surface area contributed by atoms with Crippen molar-refractivity contribution in [3.05, 3.63) is 24.5 Å². The Morgan fingerprint density at radius 1 is 1.38 bits per heavy atom. The van der Waals surface area contributed by atoms with Crippen molar-refractivity contribution >= 4 is 17.8 Å². The lowest BCUT2D eigenvalue weighted by Crippen LogP contribution is -2.20. The van der Waals surface area contributed by atoms with Crippen LogP contribution in [-0.4, -0.2) is 38.9 Å². The maximum atomic E-state index is 4.32. The van der Waals surface area contributed by atoms with E-state index in [-0.39, 0.29) is 0 Å². The molecule has 0 N–H and O–H groups in total. The van der Waals surface area contributed by atoms with Crippen LogP contribution < -0.4 is 0 Å². The molecule has 0 aliphatic heterocycles. The lowest BCUT2D eigenvalue weighted by molar-refractivity contribution is 0.479. The summed E-state index contributed by atoms with van der Waals surface area (Å²) in [5.74, 6) is 0.692. The summed E-state index contributed by atoms with van der Waals surface area (Å²) in [6.07, 6.45) is 5.36. The number of rotatable bonds is 4. The standard InChI is InChI=1S/C11H15N5/c1-3-15(4-2)9-13-10-5-6-11-12-7-8-16(11)14-10/h5-9H,3-4H2,1-2H3. The van der Waals surface area contributed by atoms with Gasteiger partial charge in [0.1, 0.15) is 0 Å². The number of nitrogens with zero attached hydrogens (tertiary/aromatic N) is 5. The van der Waals surface area contributed by atoms with Gasteiger partial charge in [-0.3, -0.25) is 0 Å². The average Bonchev–Trinajstić information content (AvgIpc) is 2.77. The molecule has 5 nitrogen and oxygen atoms in total. The van der Waals surface area contributed by atoms with Gasteiger partial charge in [0.2, 0.25) is 0 Å². The zero-order valence-corrected chi connectivity index (χ0v) is 9.54. The van der Waals surface area contributed by atoms with Crippen LogP contribution in [0.5, 0.6) is 0 Å². The van der Waals surface area contributed by atoms with E-state index in [4.69, 9.17) is 0 Å². The van der Waals surface area contributed by atoms with E-state index < -0.39 is 0 Å². The second kappa shape index (κ2) is 4.74. The van der Waals surface area contributed by atoms with Crippen molar-refractivity contribution in [3.8, 4) is 0 Å². The summed E-state index contributed by atoms with van der Waals surface area (Å²) in [5, 5.41) is 4.31. The summed E-state index contributed by atoms with van der Waals surface area (Å²) in [7, 11) is 0. The molecule has 2 aromatic heterocycles. The minimum Gasteiger partial charge on any atom is -0.363 e. The van der Waals surface area contributed by atoms with E-state index in [2.05, 4.69) is 33.8 Å². The van der Waals surface area contributed by atoms with Gasteiger partial charge in [-0.25, -0.2) is 14.5 Å². The normalized spacial score (nSPS) is 11.4. The van der Waals surface area contributed by atoms with Gasteiger partial charge in [-0.15, -0.1) is 5.10 Å². The molecular weight excluding hydrogens is 202 g/mol. The smallest absolute Gasteiger partial charge is 0.174 e. The van der Waals surface area contributed by atoms with Crippen molar-refractivity contribution in [3.63, 3.8) is 0 Å². The highest BCUT2D eigenvalue weighted by Crippen LogP contribution is 2.07. The van der Waals surface area contributed by atoms with Crippen molar-refractivity contribution < 1.29 is 0 Å². The highest BCUT2D eigenvalue weighted by atomic mass is 15.3. The first-order valence-electron chi connectivity index (χ1n) is 5.42. The average molecular weight is 217 g/mol. The van der Waals surface area contributed by atoms with Crippen LogP contribution in [0.1, 0.15) is 13.8 Å². The molecule has 0 saturated heterocycles. The van der Waals surface area contributed by atoms with Crippen LogP contribution >= 0.6 is 0 Å². The fourth-order valence-electron chi connectivity index (χ4n) is 1.40. The van der Waals surface area contributed by atoms with Gasteiger partial charge in [-0.1, -0.05) is 0 Å². The molecule has 0 radical (unpaired) electrons. The molecule has 0 spiro atoms. The van der Waals surface area contributed by atoms with Crippen molar-refractivity contribution in [2.45, 2.75) is 13.8 Å². The zero-order chi connectivity index (χ0) is 11.4. The molecule has 16 heavy (non-hydrogen) atoms. The molecule has 2 aromatic rings. The molecule has 0 bridgehead atoms. The lowest BCUT2D eigenvalue weighted by Gasteiger charge is -2.12. The van der Waals surface area contributed by atoms with Gasteiger partial charge in [0.05, 0.1) is 6.34 Å². The topological polar surface area (TPSA) is 45.8 Å². The Balaban J connectivity index is 2.20. The molecule has 0 fully saturated rings. The fraction of sp³-hybridized carbons (Fsp3) is 0.364. The van der Waals surface area contributed by atoms with Crippen molar-refractivity contribution in [1.82, 2.24) is 19.5 Å². The Morgan fingerprint density at radius 2 is 2.19 bits per heavy atom. The molecule has 0 aliphatic carbocycles. The molecule has 2 rings (SSSR count). The summed E-state index contributed by atoms with van der Waals surface area (Å²) in [4.78, 5) is 10.6. The van der Waals surface area contributed by atoms with Crippen LogP contribution in [0.3, 0.4) is 0 Å². The van der Waals surface area contributed by atoms with Crippen molar-refractivity contribution in [1.29, 1.82) is 0 Å². The Bertz CT molecular complexity index is 484. The van der Waals surface area contributed by atoms with Gasteiger partial charge < -0.3 is 4.90 Å². The monoisotopic (exact) mass is 217 g/mol. The fourth-order valence-corrected chi connectivity index (χ4v) is 1.40. The minimum atomic E-state index is 0.692. The molecule has 2 heterocycles. The van der Waals surface area contributed by atoms with E-state index >= 15 is 0 Å². The van der Waals surface area contributed by atoms with E-state index in [1.54, 1.807) is 10.7 Å². The second-order valence-electron chi connectivity index (χ2n) is 3.39. The number of imidazole rings is 1. The Hall–Kier alpha value is -1.91. The van der Waals surface area contributed by atoms with Gasteiger partial charge in [-0.05, 0) is 26.0 Å². The molecule has 0 aromatic carbocycles. The van der Waals surface area contributed by atoms with E-state index in [0.29, 0.717) is 5.82 Å². The number of fused-ring (bicyclic) bond motifs is 1. The quantitative estimate of drug-likeness (QED) is 0.578. The largest absolute Gasteiger partial charge is 0.363 e. The predicted molar refractivity (Wildman–Crippen MR) is 64.1 cm³/mol. The maximum Gasteiger partial charge on any atom is 0.174 e. The summed E-state index contributed by atoms with van der Waals surface area (Å²) in [5.41, 5.74) is 0.835. The second-order valence-corrected chi connectivity index (χ2v) is 3.39. The number of aliphatic imine (C=N–C) groups is 1. The summed E-state index contributed by atoms with van der Waals surface area (Å²) >= 11 is 0. The van der Waals surface area contributed by atoms with E-state index in [0.717, 1.165) is 18.7 Å². The maximum absolute atomic E-state index is 4.32. The summed E-state index contributed by atoms with van der Waals surface area (Å²) in [6, 6.07) is 3.77. The van der Waals surface area contributed by atoms with Crippen LogP contribution in [0.15, 0.2) is 29.5 Å². The number of aromatic nitrogens is 3. The van der Waals surface area contributed by atoms with E-state index in [1.807, 2.05) is 24.7 Å². The minimum absolute atomic E-state index is 0.692. The molecule has 84 valence electrons. The van der Waals surface area contributed by atoms with Crippen LogP contribution in [0, 0.1) is 0 Å². The SMILES string of the molecule is CCN(C=Nc1ccc2nccn2n1)CC. The molecule has 0 amide bonds. The third-order valence-corrected chi connectivity index (χ3v) is 2.41. The zero-order valence-electron chi connectivity index (χ0n) is 9.54. The van der Waals surface area contributed by atoms with Crippen LogP contribution in [-0.2, 0) is 0 Å². The lowest BCUT2D eigenvalue weighted by atomic mass is 10.5. The first-order valence-corrected chi connectivity index (χ1v) is 5.42. The molecule has 0 saturated carbocycles. The predicted octanol–water partition coefficient (Wildman–Crippen LogP) is 1.73. The van der Waals surface area contributed by atoms with Gasteiger partial charge in [0.25, 0.3) is 0 Å². The molecule has 0 unspecified atom stereocenters. The van der Waals surface area contributed by atoms with Crippen LogP contribution in [0.25, 0.3) is 5.65 Å². The molecule has 5 heteroatoms. The number of hydrogen-bond donors (Lipinski definition) is 0. The molecular formula is C11H15N5. The molecule has 0 atom stereocenters. The Labute approximate surface area is 94.4 Å². The van der Waals surface area contributed by atoms with Gasteiger partial charge in [0.15, 0.2) is 11.5 Å². The first kappa shape index (κ1) is 10.6. The van der Waals surface area contributed by atoms with Crippen molar-refractivity contribution in [2.24, 2.45) is 4.99 Å². The third kappa shape index (κ3) is 2.18. The Morgan fingerprint density at radius 3 is 2.94 bits per heavy atom. The summed E-state index contributed by atoms with van der Waals surface area (Å²) < 4.78 is 1.72. The van der Waals surface area contributed by atoms with E-state index in [9.17, 15) is 0 Å². The summed E-state index contributed by atoms with van der Waals surface area (Å²) in [6.45, 7) is 6.10. The highest BCUT2D eigenvalue weighted by molar-refractivity contribution is 5.59. The highest BCUT2D eigenvalue weighted by Gasteiger charge is 1.96. The number of hydrogen-bond acceptors (Lipinski definition) is 3.